The summed E-state index contributed by atoms with van der Waals surface area (Å²) in [6.07, 6.45) is 1.36. The first-order valence-corrected chi connectivity index (χ1v) is 9.52. The first-order valence-electron chi connectivity index (χ1n) is 9.52. The van der Waals surface area contributed by atoms with Gasteiger partial charge in [-0.1, -0.05) is 31.2 Å². The van der Waals surface area contributed by atoms with Crippen LogP contribution < -0.4 is 10.1 Å². The van der Waals surface area contributed by atoms with Crippen LogP contribution in [0.2, 0.25) is 0 Å². The van der Waals surface area contributed by atoms with E-state index < -0.39 is 0 Å². The second-order valence-corrected chi connectivity index (χ2v) is 6.81. The molecule has 1 aromatic heterocycles. The molecule has 1 unspecified atom stereocenters. The topological polar surface area (TPSA) is 56.2 Å². The summed E-state index contributed by atoms with van der Waals surface area (Å²) in [4.78, 5) is 16.8. The third-order valence-electron chi connectivity index (χ3n) is 4.50. The van der Waals surface area contributed by atoms with Crippen molar-refractivity contribution in [3.05, 3.63) is 59.9 Å². The van der Waals surface area contributed by atoms with Crippen LogP contribution in [-0.4, -0.2) is 22.1 Å². The summed E-state index contributed by atoms with van der Waals surface area (Å²) in [7, 11) is 0. The lowest BCUT2D eigenvalue weighted by Crippen LogP contribution is -2.28. The van der Waals surface area contributed by atoms with Crippen LogP contribution in [0.4, 0.5) is 0 Å². The van der Waals surface area contributed by atoms with Crippen molar-refractivity contribution in [1.29, 1.82) is 0 Å². The van der Waals surface area contributed by atoms with Gasteiger partial charge in [-0.05, 0) is 50.1 Å². The Labute approximate surface area is 160 Å². The molecule has 0 fully saturated rings. The van der Waals surface area contributed by atoms with Gasteiger partial charge in [-0.3, -0.25) is 4.79 Å². The molecule has 0 saturated heterocycles. The van der Waals surface area contributed by atoms with E-state index >= 15 is 0 Å². The van der Waals surface area contributed by atoms with Gasteiger partial charge in [0.15, 0.2) is 0 Å². The highest BCUT2D eigenvalue weighted by Gasteiger charge is 2.18. The number of ether oxygens (including phenoxy) is 1. The molecule has 27 heavy (non-hydrogen) atoms. The first-order chi connectivity index (χ1) is 13.1. The highest BCUT2D eigenvalue weighted by molar-refractivity contribution is 5.78. The maximum absolute atomic E-state index is 12.0. The van der Waals surface area contributed by atoms with Gasteiger partial charge in [0.25, 0.3) is 0 Å². The van der Waals surface area contributed by atoms with E-state index in [-0.39, 0.29) is 11.9 Å². The number of benzene rings is 2. The lowest BCUT2D eigenvalue weighted by atomic mass is 10.2. The molecule has 0 aliphatic heterocycles. The van der Waals surface area contributed by atoms with Crippen LogP contribution in [0.3, 0.4) is 0 Å². The molecule has 1 heterocycles. The van der Waals surface area contributed by atoms with Crippen LogP contribution >= 0.6 is 0 Å². The highest BCUT2D eigenvalue weighted by atomic mass is 16.5. The number of carbonyl (C=O) groups excluding carboxylic acids is 1. The monoisotopic (exact) mass is 365 g/mol. The second-order valence-electron chi connectivity index (χ2n) is 6.81. The summed E-state index contributed by atoms with van der Waals surface area (Å²) in [5.74, 6) is 1.78. The molecule has 142 valence electrons. The quantitative estimate of drug-likeness (QED) is 0.644. The molecule has 0 aliphatic rings. The van der Waals surface area contributed by atoms with Gasteiger partial charge >= 0.3 is 0 Å². The minimum atomic E-state index is -0.157. The van der Waals surface area contributed by atoms with Crippen molar-refractivity contribution in [2.75, 3.05) is 6.61 Å². The number of fused-ring (bicyclic) bond motifs is 1. The average Bonchev–Trinajstić information content (AvgIpc) is 3.01. The minimum Gasteiger partial charge on any atom is -0.492 e. The molecule has 0 spiro atoms. The van der Waals surface area contributed by atoms with Gasteiger partial charge in [0.1, 0.15) is 18.2 Å². The fourth-order valence-electron chi connectivity index (χ4n) is 3.22. The van der Waals surface area contributed by atoms with E-state index in [0.29, 0.717) is 19.6 Å². The number of rotatable bonds is 8. The predicted molar refractivity (Wildman–Crippen MR) is 108 cm³/mol. The Morgan fingerprint density at radius 1 is 1.22 bits per heavy atom. The maximum atomic E-state index is 12.0. The van der Waals surface area contributed by atoms with E-state index in [9.17, 15) is 4.79 Å². The third-order valence-corrected chi connectivity index (χ3v) is 4.50. The largest absolute Gasteiger partial charge is 0.492 e. The predicted octanol–water partition coefficient (Wildman–Crippen LogP) is 4.40. The summed E-state index contributed by atoms with van der Waals surface area (Å²) in [5.41, 5.74) is 3.16. The number of nitrogens with zero attached hydrogens (tertiary/aromatic N) is 2. The van der Waals surface area contributed by atoms with Crippen molar-refractivity contribution >= 4 is 16.9 Å². The normalized spacial score (nSPS) is 12.1. The van der Waals surface area contributed by atoms with E-state index in [1.165, 1.54) is 5.56 Å². The van der Waals surface area contributed by atoms with E-state index in [4.69, 9.17) is 9.72 Å². The van der Waals surface area contributed by atoms with Crippen LogP contribution in [0.15, 0.2) is 48.5 Å². The fourth-order valence-corrected chi connectivity index (χ4v) is 3.22. The van der Waals surface area contributed by atoms with Gasteiger partial charge in [-0.2, -0.15) is 0 Å². The summed E-state index contributed by atoms with van der Waals surface area (Å²) >= 11 is 0. The van der Waals surface area contributed by atoms with Gasteiger partial charge in [0.05, 0.1) is 23.6 Å². The van der Waals surface area contributed by atoms with E-state index in [1.54, 1.807) is 0 Å². The summed E-state index contributed by atoms with van der Waals surface area (Å²) in [5, 5.41) is 3.05. The van der Waals surface area contributed by atoms with Crippen molar-refractivity contribution in [1.82, 2.24) is 14.9 Å². The number of imidazole rings is 1. The number of nitrogens with one attached hydrogen (secondary N) is 1. The molecule has 0 aliphatic carbocycles. The SMILES string of the molecule is CCCC(=O)NC(C)c1nc2ccccc2n1CCOc1cccc(C)c1. The average molecular weight is 365 g/mol. The van der Waals surface area contributed by atoms with Crippen molar-refractivity contribution in [2.45, 2.75) is 46.2 Å². The number of aryl methyl sites for hydroxylation is 1. The van der Waals surface area contributed by atoms with Crippen LogP contribution in [0.25, 0.3) is 11.0 Å². The second kappa shape index (κ2) is 8.71. The van der Waals surface area contributed by atoms with Crippen LogP contribution in [0.1, 0.15) is 44.1 Å². The standard InChI is InChI=1S/C22H27N3O2/c1-4-8-21(26)23-17(3)22-24-19-11-5-6-12-20(19)25(22)13-14-27-18-10-7-9-16(2)15-18/h5-7,9-12,15,17H,4,8,13-14H2,1-3H3,(H,23,26). The Morgan fingerprint density at radius 3 is 2.81 bits per heavy atom. The Balaban J connectivity index is 1.78. The zero-order valence-corrected chi connectivity index (χ0v) is 16.2. The summed E-state index contributed by atoms with van der Waals surface area (Å²) < 4.78 is 8.07. The highest BCUT2D eigenvalue weighted by Crippen LogP contribution is 2.21. The Bertz CT molecular complexity index is 917. The van der Waals surface area contributed by atoms with Crippen LogP contribution in [0, 0.1) is 6.92 Å². The molecule has 1 amide bonds. The fraction of sp³-hybridized carbons (Fsp3) is 0.364. The van der Waals surface area contributed by atoms with E-state index in [1.807, 2.05) is 50.2 Å². The molecular weight excluding hydrogens is 338 g/mol. The number of hydrogen-bond donors (Lipinski definition) is 1. The molecule has 0 bridgehead atoms. The molecule has 3 aromatic rings. The Hall–Kier alpha value is -2.82. The molecule has 5 nitrogen and oxygen atoms in total. The van der Waals surface area contributed by atoms with Gasteiger partial charge in [0.2, 0.25) is 5.91 Å². The minimum absolute atomic E-state index is 0.0552. The lowest BCUT2D eigenvalue weighted by Gasteiger charge is -2.16. The molecular formula is C22H27N3O2. The van der Waals surface area contributed by atoms with Crippen molar-refractivity contribution < 1.29 is 9.53 Å². The smallest absolute Gasteiger partial charge is 0.220 e. The number of amides is 1. The van der Waals surface area contributed by atoms with Crippen molar-refractivity contribution in [3.63, 3.8) is 0 Å². The molecule has 1 N–H and O–H groups in total. The molecule has 0 radical (unpaired) electrons. The molecule has 2 aromatic carbocycles. The molecule has 1 atom stereocenters. The summed E-state index contributed by atoms with van der Waals surface area (Å²) in [6.45, 7) is 7.23. The number of aromatic nitrogens is 2. The van der Waals surface area contributed by atoms with Gasteiger partial charge < -0.3 is 14.6 Å². The number of carbonyl (C=O) groups is 1. The van der Waals surface area contributed by atoms with Gasteiger partial charge in [0, 0.05) is 6.42 Å². The van der Waals surface area contributed by atoms with Crippen LogP contribution in [0.5, 0.6) is 5.75 Å². The maximum Gasteiger partial charge on any atom is 0.220 e. The van der Waals surface area contributed by atoms with Crippen molar-refractivity contribution in [2.24, 2.45) is 0 Å². The molecule has 3 rings (SSSR count). The molecule has 0 saturated carbocycles. The number of para-hydroxylation sites is 2. The van der Waals surface area contributed by atoms with Crippen LogP contribution in [-0.2, 0) is 11.3 Å². The van der Waals surface area contributed by atoms with Gasteiger partial charge in [-0.25, -0.2) is 4.98 Å². The molecule has 5 heteroatoms. The third kappa shape index (κ3) is 4.67. The van der Waals surface area contributed by atoms with Gasteiger partial charge in [-0.15, -0.1) is 0 Å². The first kappa shape index (κ1) is 19.0. The number of hydrogen-bond acceptors (Lipinski definition) is 3. The lowest BCUT2D eigenvalue weighted by molar-refractivity contribution is -0.121. The Kier molecular flexibility index (Phi) is 6.12. The zero-order valence-electron chi connectivity index (χ0n) is 16.2. The summed E-state index contributed by atoms with van der Waals surface area (Å²) in [6, 6.07) is 15.9. The van der Waals surface area contributed by atoms with Crippen molar-refractivity contribution in [3.8, 4) is 5.75 Å². The van der Waals surface area contributed by atoms with E-state index in [2.05, 4.69) is 28.9 Å². The zero-order chi connectivity index (χ0) is 19.2. The Morgan fingerprint density at radius 2 is 2.04 bits per heavy atom. The van der Waals surface area contributed by atoms with E-state index in [0.717, 1.165) is 29.0 Å².